The molecule has 5 heteroatoms. The SMILES string of the molecule is CCc1cc(C(=O)NC(CN2CCOCC2)c2ccccc2)sc1C. The molecule has 1 atom stereocenters. The van der Waals surface area contributed by atoms with Gasteiger partial charge in [0.1, 0.15) is 0 Å². The minimum absolute atomic E-state index is 0.0146. The molecule has 2 aromatic rings. The van der Waals surface area contributed by atoms with Crippen LogP contribution in [0.15, 0.2) is 36.4 Å². The molecular formula is C20H26N2O2S. The van der Waals surface area contributed by atoms with Crippen LogP contribution in [-0.2, 0) is 11.2 Å². The predicted molar refractivity (Wildman–Crippen MR) is 102 cm³/mol. The molecule has 1 unspecified atom stereocenters. The van der Waals surface area contributed by atoms with E-state index in [4.69, 9.17) is 4.74 Å². The largest absolute Gasteiger partial charge is 0.379 e. The summed E-state index contributed by atoms with van der Waals surface area (Å²) in [6.07, 6.45) is 0.964. The molecule has 1 aliphatic heterocycles. The summed E-state index contributed by atoms with van der Waals surface area (Å²) in [6.45, 7) is 8.38. The first kappa shape index (κ1) is 18.1. The van der Waals surface area contributed by atoms with E-state index in [1.807, 2.05) is 24.3 Å². The van der Waals surface area contributed by atoms with E-state index in [9.17, 15) is 4.79 Å². The van der Waals surface area contributed by atoms with Crippen LogP contribution in [0.1, 0.15) is 38.6 Å². The summed E-state index contributed by atoms with van der Waals surface area (Å²) in [7, 11) is 0. The van der Waals surface area contributed by atoms with Gasteiger partial charge in [0, 0.05) is 24.5 Å². The van der Waals surface area contributed by atoms with E-state index >= 15 is 0 Å². The summed E-state index contributed by atoms with van der Waals surface area (Å²) in [5.74, 6) is 0.0231. The van der Waals surface area contributed by atoms with E-state index < -0.39 is 0 Å². The normalized spacial score (nSPS) is 16.6. The molecule has 0 bridgehead atoms. The lowest BCUT2D eigenvalue weighted by atomic mass is 10.1. The Morgan fingerprint density at radius 2 is 2.00 bits per heavy atom. The second kappa shape index (κ2) is 8.61. The van der Waals surface area contributed by atoms with Gasteiger partial charge in [-0.3, -0.25) is 9.69 Å². The Labute approximate surface area is 153 Å². The standard InChI is InChI=1S/C20H26N2O2S/c1-3-16-13-19(25-15(16)2)20(23)21-18(17-7-5-4-6-8-17)14-22-9-11-24-12-10-22/h4-8,13,18H,3,9-12,14H2,1-2H3,(H,21,23). The molecule has 0 radical (unpaired) electrons. The number of nitrogens with one attached hydrogen (secondary N) is 1. The van der Waals surface area contributed by atoms with Gasteiger partial charge in [-0.05, 0) is 30.5 Å². The molecule has 1 fully saturated rings. The van der Waals surface area contributed by atoms with Crippen LogP contribution in [0.4, 0.5) is 0 Å². The number of thiophene rings is 1. The van der Waals surface area contributed by atoms with Crippen LogP contribution in [-0.4, -0.2) is 43.7 Å². The van der Waals surface area contributed by atoms with Gasteiger partial charge in [-0.2, -0.15) is 0 Å². The van der Waals surface area contributed by atoms with Gasteiger partial charge < -0.3 is 10.1 Å². The second-order valence-corrected chi connectivity index (χ2v) is 7.65. The Balaban J connectivity index is 1.75. The maximum atomic E-state index is 12.8. The van der Waals surface area contributed by atoms with Crippen molar-refractivity contribution < 1.29 is 9.53 Å². The van der Waals surface area contributed by atoms with E-state index in [-0.39, 0.29) is 11.9 Å². The zero-order chi connectivity index (χ0) is 17.6. The van der Waals surface area contributed by atoms with Crippen molar-refractivity contribution in [1.82, 2.24) is 10.2 Å². The summed E-state index contributed by atoms with van der Waals surface area (Å²) in [5, 5.41) is 3.25. The summed E-state index contributed by atoms with van der Waals surface area (Å²) in [5.41, 5.74) is 2.41. The molecule has 1 aromatic heterocycles. The molecule has 1 N–H and O–H groups in total. The fourth-order valence-corrected chi connectivity index (χ4v) is 4.19. The Morgan fingerprint density at radius 3 is 2.64 bits per heavy atom. The molecule has 4 nitrogen and oxygen atoms in total. The predicted octanol–water partition coefficient (Wildman–Crippen LogP) is 3.42. The molecule has 0 spiro atoms. The number of ether oxygens (including phenoxy) is 1. The van der Waals surface area contributed by atoms with Gasteiger partial charge in [0.15, 0.2) is 0 Å². The van der Waals surface area contributed by atoms with Gasteiger partial charge in [-0.15, -0.1) is 11.3 Å². The molecule has 3 rings (SSSR count). The topological polar surface area (TPSA) is 41.6 Å². The average Bonchev–Trinajstić information content (AvgIpc) is 3.04. The highest BCUT2D eigenvalue weighted by atomic mass is 32.1. The van der Waals surface area contributed by atoms with Crippen molar-refractivity contribution in [3.8, 4) is 0 Å². The van der Waals surface area contributed by atoms with E-state index in [0.717, 1.165) is 49.7 Å². The van der Waals surface area contributed by atoms with Crippen LogP contribution >= 0.6 is 11.3 Å². The van der Waals surface area contributed by atoms with Crippen LogP contribution in [0.3, 0.4) is 0 Å². The number of nitrogens with zero attached hydrogens (tertiary/aromatic N) is 1. The number of hydrogen-bond donors (Lipinski definition) is 1. The first-order chi connectivity index (χ1) is 12.2. The number of amides is 1. The Bertz CT molecular complexity index is 693. The molecular weight excluding hydrogens is 332 g/mol. The van der Waals surface area contributed by atoms with Crippen LogP contribution in [0.2, 0.25) is 0 Å². The van der Waals surface area contributed by atoms with Crippen molar-refractivity contribution >= 4 is 17.2 Å². The van der Waals surface area contributed by atoms with Gasteiger partial charge in [0.25, 0.3) is 5.91 Å². The Morgan fingerprint density at radius 1 is 1.28 bits per heavy atom. The third kappa shape index (κ3) is 4.69. The number of morpholine rings is 1. The van der Waals surface area contributed by atoms with Crippen molar-refractivity contribution in [3.63, 3.8) is 0 Å². The minimum Gasteiger partial charge on any atom is -0.379 e. The van der Waals surface area contributed by atoms with Crippen LogP contribution in [0, 0.1) is 6.92 Å². The first-order valence-corrected chi connectivity index (χ1v) is 9.74. The molecule has 1 amide bonds. The van der Waals surface area contributed by atoms with Gasteiger partial charge in [0.2, 0.25) is 0 Å². The van der Waals surface area contributed by atoms with E-state index in [2.05, 4.69) is 36.2 Å². The summed E-state index contributed by atoms with van der Waals surface area (Å²) < 4.78 is 5.44. The number of hydrogen-bond acceptors (Lipinski definition) is 4. The molecule has 134 valence electrons. The lowest BCUT2D eigenvalue weighted by Crippen LogP contribution is -2.43. The van der Waals surface area contributed by atoms with Crippen molar-refractivity contribution in [2.75, 3.05) is 32.8 Å². The maximum absolute atomic E-state index is 12.8. The molecule has 1 aromatic carbocycles. The van der Waals surface area contributed by atoms with Crippen molar-refractivity contribution in [3.05, 3.63) is 57.3 Å². The molecule has 2 heterocycles. The molecule has 0 aliphatic carbocycles. The van der Waals surface area contributed by atoms with E-state index in [1.165, 1.54) is 10.4 Å². The summed E-state index contributed by atoms with van der Waals surface area (Å²) in [4.78, 5) is 17.2. The Hall–Kier alpha value is -1.69. The van der Waals surface area contributed by atoms with E-state index in [1.54, 1.807) is 11.3 Å². The summed E-state index contributed by atoms with van der Waals surface area (Å²) >= 11 is 1.58. The Kier molecular flexibility index (Phi) is 6.24. The van der Waals surface area contributed by atoms with E-state index in [0.29, 0.717) is 0 Å². The highest BCUT2D eigenvalue weighted by Crippen LogP contribution is 2.23. The van der Waals surface area contributed by atoms with Gasteiger partial charge in [-0.1, -0.05) is 37.3 Å². The minimum atomic E-state index is -0.0146. The maximum Gasteiger partial charge on any atom is 0.261 e. The first-order valence-electron chi connectivity index (χ1n) is 8.92. The zero-order valence-electron chi connectivity index (χ0n) is 15.0. The number of benzene rings is 1. The molecule has 1 aliphatic rings. The number of carbonyl (C=O) groups is 1. The zero-order valence-corrected chi connectivity index (χ0v) is 15.8. The third-order valence-corrected chi connectivity index (χ3v) is 5.77. The average molecular weight is 359 g/mol. The number of carbonyl (C=O) groups excluding carboxylic acids is 1. The lowest BCUT2D eigenvalue weighted by Gasteiger charge is -2.31. The molecule has 25 heavy (non-hydrogen) atoms. The monoisotopic (exact) mass is 358 g/mol. The lowest BCUT2D eigenvalue weighted by molar-refractivity contribution is 0.0332. The number of rotatable bonds is 6. The third-order valence-electron chi connectivity index (χ3n) is 4.68. The molecule has 1 saturated heterocycles. The van der Waals surface area contributed by atoms with Crippen LogP contribution in [0.25, 0.3) is 0 Å². The van der Waals surface area contributed by atoms with Crippen molar-refractivity contribution in [2.24, 2.45) is 0 Å². The smallest absolute Gasteiger partial charge is 0.261 e. The molecule has 0 saturated carbocycles. The van der Waals surface area contributed by atoms with Crippen molar-refractivity contribution in [2.45, 2.75) is 26.3 Å². The fourth-order valence-electron chi connectivity index (χ4n) is 3.17. The highest BCUT2D eigenvalue weighted by Gasteiger charge is 2.21. The quantitative estimate of drug-likeness (QED) is 0.860. The second-order valence-electron chi connectivity index (χ2n) is 6.40. The van der Waals surface area contributed by atoms with Gasteiger partial charge in [-0.25, -0.2) is 0 Å². The van der Waals surface area contributed by atoms with Gasteiger partial charge in [0.05, 0.1) is 24.1 Å². The summed E-state index contributed by atoms with van der Waals surface area (Å²) in [6, 6.07) is 12.3. The van der Waals surface area contributed by atoms with Crippen molar-refractivity contribution in [1.29, 1.82) is 0 Å². The highest BCUT2D eigenvalue weighted by molar-refractivity contribution is 7.14. The van der Waals surface area contributed by atoms with Gasteiger partial charge >= 0.3 is 0 Å². The van der Waals surface area contributed by atoms with Crippen LogP contribution in [0.5, 0.6) is 0 Å². The fraction of sp³-hybridized carbons (Fsp3) is 0.450. The van der Waals surface area contributed by atoms with Crippen LogP contribution < -0.4 is 5.32 Å². The number of aryl methyl sites for hydroxylation is 2.